The van der Waals surface area contributed by atoms with E-state index in [9.17, 15) is 14.0 Å². The molecule has 1 aliphatic rings. The topological polar surface area (TPSA) is 72.6 Å². The molecule has 0 spiro atoms. The highest BCUT2D eigenvalue weighted by molar-refractivity contribution is 9.10. The summed E-state index contributed by atoms with van der Waals surface area (Å²) in [4.78, 5) is 25.7. The number of carbonyl (C=O) groups is 2. The Morgan fingerprint density at radius 2 is 2.04 bits per heavy atom. The van der Waals surface area contributed by atoms with Gasteiger partial charge in [-0.3, -0.25) is 4.79 Å². The van der Waals surface area contributed by atoms with Gasteiger partial charge in [-0.05, 0) is 47.0 Å². The number of piperidine rings is 1. The smallest absolute Gasteiger partial charge is 0.376 e. The summed E-state index contributed by atoms with van der Waals surface area (Å²) in [6, 6.07) is 5.62. The molecule has 8 heteroatoms. The summed E-state index contributed by atoms with van der Waals surface area (Å²) in [5, 5.41) is 3.93. The van der Waals surface area contributed by atoms with Gasteiger partial charge in [0.05, 0.1) is 18.4 Å². The van der Waals surface area contributed by atoms with Crippen molar-refractivity contribution in [2.45, 2.75) is 18.8 Å². The van der Waals surface area contributed by atoms with Gasteiger partial charge in [-0.15, -0.1) is 0 Å². The molecule has 0 unspecified atom stereocenters. The van der Waals surface area contributed by atoms with Crippen molar-refractivity contribution in [1.29, 1.82) is 0 Å². The van der Waals surface area contributed by atoms with E-state index in [4.69, 9.17) is 4.52 Å². The molecule has 0 radical (unpaired) electrons. The summed E-state index contributed by atoms with van der Waals surface area (Å²) in [7, 11) is 1.28. The maximum atomic E-state index is 13.2. The summed E-state index contributed by atoms with van der Waals surface area (Å²) >= 11 is 3.23. The van der Waals surface area contributed by atoms with Crippen LogP contribution in [0.5, 0.6) is 0 Å². The number of halogens is 2. The van der Waals surface area contributed by atoms with Crippen LogP contribution in [0, 0.1) is 5.82 Å². The van der Waals surface area contributed by atoms with Crippen molar-refractivity contribution in [2.24, 2.45) is 0 Å². The van der Waals surface area contributed by atoms with Gasteiger partial charge in [0, 0.05) is 29.5 Å². The molecule has 1 aromatic heterocycles. The van der Waals surface area contributed by atoms with Crippen molar-refractivity contribution in [3.8, 4) is 0 Å². The van der Waals surface area contributed by atoms with E-state index in [1.165, 1.54) is 25.3 Å². The first-order chi connectivity index (χ1) is 12.0. The number of hydrogen-bond donors (Lipinski definition) is 0. The second kappa shape index (κ2) is 7.35. The minimum absolute atomic E-state index is 0.0752. The molecule has 1 aromatic carbocycles. The molecule has 0 aliphatic carbocycles. The van der Waals surface area contributed by atoms with Gasteiger partial charge in [0.25, 0.3) is 5.91 Å². The van der Waals surface area contributed by atoms with E-state index < -0.39 is 11.8 Å². The summed E-state index contributed by atoms with van der Waals surface area (Å²) in [6.45, 7) is 1.10. The number of ether oxygens (including phenoxy) is 1. The van der Waals surface area contributed by atoms with E-state index in [2.05, 4.69) is 25.8 Å². The molecule has 0 bridgehead atoms. The quantitative estimate of drug-likeness (QED) is 0.725. The Labute approximate surface area is 152 Å². The SMILES string of the molecule is COC(=O)c1cc(C2CCN(C(=O)c3ccc(F)cc3Br)CC2)no1. The van der Waals surface area contributed by atoms with Crippen LogP contribution < -0.4 is 0 Å². The predicted molar refractivity (Wildman–Crippen MR) is 89.8 cm³/mol. The fraction of sp³-hybridized carbons (Fsp3) is 0.353. The third-order valence-corrected chi connectivity index (χ3v) is 4.93. The lowest BCUT2D eigenvalue weighted by molar-refractivity contribution is 0.0553. The minimum atomic E-state index is -0.562. The highest BCUT2D eigenvalue weighted by Crippen LogP contribution is 2.29. The van der Waals surface area contributed by atoms with Crippen LogP contribution in [-0.4, -0.2) is 42.1 Å². The van der Waals surface area contributed by atoms with Gasteiger partial charge < -0.3 is 14.2 Å². The summed E-state index contributed by atoms with van der Waals surface area (Å²) in [5.74, 6) is -0.906. The van der Waals surface area contributed by atoms with Crippen LogP contribution in [0.4, 0.5) is 4.39 Å². The lowest BCUT2D eigenvalue weighted by Crippen LogP contribution is -2.38. The molecule has 25 heavy (non-hydrogen) atoms. The second-order valence-corrected chi connectivity index (χ2v) is 6.65. The fourth-order valence-corrected chi connectivity index (χ4v) is 3.41. The molecule has 1 amide bonds. The molecule has 3 rings (SSSR count). The predicted octanol–water partition coefficient (Wildman–Crippen LogP) is 3.38. The normalized spacial score (nSPS) is 15.2. The summed E-state index contributed by atoms with van der Waals surface area (Å²) in [5.41, 5.74) is 1.13. The number of esters is 1. The number of methoxy groups -OCH3 is 1. The lowest BCUT2D eigenvalue weighted by atomic mass is 9.93. The molecule has 0 N–H and O–H groups in total. The van der Waals surface area contributed by atoms with Crippen LogP contribution in [0.3, 0.4) is 0 Å². The van der Waals surface area contributed by atoms with Crippen LogP contribution in [0.25, 0.3) is 0 Å². The van der Waals surface area contributed by atoms with Crippen molar-refractivity contribution in [3.05, 3.63) is 51.6 Å². The molecular weight excluding hydrogens is 395 g/mol. The standard InChI is InChI=1S/C17H16BrFN2O4/c1-24-17(23)15-9-14(20-25-15)10-4-6-21(7-5-10)16(22)12-3-2-11(19)8-13(12)18/h2-3,8-10H,4-7H2,1H3. The van der Waals surface area contributed by atoms with Crippen LogP contribution >= 0.6 is 15.9 Å². The van der Waals surface area contributed by atoms with E-state index in [-0.39, 0.29) is 17.6 Å². The number of hydrogen-bond acceptors (Lipinski definition) is 5. The molecule has 1 aliphatic heterocycles. The molecular formula is C17H16BrFN2O4. The van der Waals surface area contributed by atoms with Gasteiger partial charge in [-0.1, -0.05) is 5.16 Å². The maximum Gasteiger partial charge on any atom is 0.376 e. The molecule has 132 valence electrons. The zero-order valence-electron chi connectivity index (χ0n) is 13.5. The third kappa shape index (κ3) is 3.73. The number of likely N-dealkylation sites (tertiary alicyclic amines) is 1. The first kappa shape index (κ1) is 17.6. The highest BCUT2D eigenvalue weighted by atomic mass is 79.9. The molecule has 0 atom stereocenters. The average molecular weight is 411 g/mol. The summed E-state index contributed by atoms with van der Waals surface area (Å²) < 4.78 is 23.2. The molecule has 0 saturated carbocycles. The number of nitrogens with zero attached hydrogens (tertiary/aromatic N) is 2. The van der Waals surface area contributed by atoms with E-state index in [1.54, 1.807) is 11.0 Å². The van der Waals surface area contributed by atoms with Crippen molar-refractivity contribution >= 4 is 27.8 Å². The van der Waals surface area contributed by atoms with Gasteiger partial charge >= 0.3 is 5.97 Å². The van der Waals surface area contributed by atoms with Gasteiger partial charge in [0.2, 0.25) is 5.76 Å². The Bertz CT molecular complexity index is 800. The fourth-order valence-electron chi connectivity index (χ4n) is 2.89. The van der Waals surface area contributed by atoms with Gasteiger partial charge in [0.1, 0.15) is 5.82 Å². The largest absolute Gasteiger partial charge is 0.463 e. The van der Waals surface area contributed by atoms with E-state index >= 15 is 0 Å². The van der Waals surface area contributed by atoms with Crippen LogP contribution in [0.15, 0.2) is 33.3 Å². The molecule has 6 nitrogen and oxygen atoms in total. The van der Waals surface area contributed by atoms with Crippen LogP contribution in [-0.2, 0) is 4.74 Å². The minimum Gasteiger partial charge on any atom is -0.463 e. The Morgan fingerprint density at radius 1 is 1.32 bits per heavy atom. The number of aromatic nitrogens is 1. The van der Waals surface area contributed by atoms with Crippen LogP contribution in [0.2, 0.25) is 0 Å². The highest BCUT2D eigenvalue weighted by Gasteiger charge is 2.28. The third-order valence-electron chi connectivity index (χ3n) is 4.28. The average Bonchev–Trinajstić information content (AvgIpc) is 3.11. The lowest BCUT2D eigenvalue weighted by Gasteiger charge is -2.31. The Kier molecular flexibility index (Phi) is 5.17. The van der Waals surface area contributed by atoms with Gasteiger partial charge in [-0.2, -0.15) is 0 Å². The van der Waals surface area contributed by atoms with E-state index in [0.717, 1.165) is 0 Å². The van der Waals surface area contributed by atoms with Crippen molar-refractivity contribution in [2.75, 3.05) is 20.2 Å². The number of amides is 1. The van der Waals surface area contributed by atoms with Crippen molar-refractivity contribution < 1.29 is 23.2 Å². The first-order valence-corrected chi connectivity index (χ1v) is 8.58. The Hall–Kier alpha value is -2.22. The molecule has 2 aromatic rings. The summed E-state index contributed by atoms with van der Waals surface area (Å²) in [6.07, 6.45) is 1.41. The zero-order valence-corrected chi connectivity index (χ0v) is 15.1. The molecule has 2 heterocycles. The van der Waals surface area contributed by atoms with E-state index in [0.29, 0.717) is 41.7 Å². The number of carbonyl (C=O) groups excluding carboxylic acids is 2. The van der Waals surface area contributed by atoms with Crippen molar-refractivity contribution in [3.63, 3.8) is 0 Å². The zero-order chi connectivity index (χ0) is 18.0. The maximum absolute atomic E-state index is 13.2. The first-order valence-electron chi connectivity index (χ1n) is 7.79. The Morgan fingerprint density at radius 3 is 2.68 bits per heavy atom. The monoisotopic (exact) mass is 410 g/mol. The van der Waals surface area contributed by atoms with Crippen LogP contribution in [0.1, 0.15) is 45.4 Å². The number of benzene rings is 1. The van der Waals surface area contributed by atoms with Gasteiger partial charge in [0.15, 0.2) is 0 Å². The Balaban J connectivity index is 1.64. The van der Waals surface area contributed by atoms with E-state index in [1.807, 2.05) is 0 Å². The molecule has 1 saturated heterocycles. The second-order valence-electron chi connectivity index (χ2n) is 5.80. The van der Waals surface area contributed by atoms with Gasteiger partial charge in [-0.25, -0.2) is 9.18 Å². The number of rotatable bonds is 3. The molecule has 1 fully saturated rings. The van der Waals surface area contributed by atoms with Crippen molar-refractivity contribution in [1.82, 2.24) is 10.1 Å².